The first kappa shape index (κ1) is 10.4. The lowest BCUT2D eigenvalue weighted by Gasteiger charge is -2.19. The van der Waals surface area contributed by atoms with Crippen molar-refractivity contribution in [2.75, 3.05) is 32.7 Å². The van der Waals surface area contributed by atoms with Gasteiger partial charge in [-0.05, 0) is 51.2 Å². The zero-order chi connectivity index (χ0) is 9.64. The smallest absolute Gasteiger partial charge is 0.0107 e. The van der Waals surface area contributed by atoms with Crippen molar-refractivity contribution >= 4 is 0 Å². The Morgan fingerprint density at radius 2 is 1.71 bits per heavy atom. The summed E-state index contributed by atoms with van der Waals surface area (Å²) in [4.78, 5) is 2.63. The van der Waals surface area contributed by atoms with E-state index in [0.29, 0.717) is 0 Å². The summed E-state index contributed by atoms with van der Waals surface area (Å²) in [5, 5.41) is 3.57. The van der Waals surface area contributed by atoms with Crippen LogP contribution in [0.4, 0.5) is 0 Å². The molecule has 2 nitrogen and oxygen atoms in total. The average Bonchev–Trinajstić information content (AvgIpc) is 3.01. The van der Waals surface area contributed by atoms with Crippen LogP contribution in [0.15, 0.2) is 0 Å². The van der Waals surface area contributed by atoms with E-state index in [1.54, 1.807) is 0 Å². The van der Waals surface area contributed by atoms with Gasteiger partial charge in [-0.3, -0.25) is 0 Å². The number of hydrogen-bond acceptors (Lipinski definition) is 2. The van der Waals surface area contributed by atoms with Gasteiger partial charge in [-0.25, -0.2) is 0 Å². The Morgan fingerprint density at radius 3 is 2.36 bits per heavy atom. The molecule has 0 atom stereocenters. The fourth-order valence-corrected chi connectivity index (χ4v) is 2.23. The fourth-order valence-electron chi connectivity index (χ4n) is 2.23. The Bertz CT molecular complexity index is 146. The zero-order valence-corrected chi connectivity index (χ0v) is 9.30. The molecule has 0 aromatic rings. The quantitative estimate of drug-likeness (QED) is 0.675. The number of likely N-dealkylation sites (tertiary alicyclic amines) is 1. The molecule has 2 heteroatoms. The third-order valence-corrected chi connectivity index (χ3v) is 3.43. The predicted octanol–water partition coefficient (Wildman–Crippen LogP) is 1.86. The normalized spacial score (nSPS) is 24.9. The predicted molar refractivity (Wildman–Crippen MR) is 60.5 cm³/mol. The van der Waals surface area contributed by atoms with Gasteiger partial charge < -0.3 is 10.2 Å². The van der Waals surface area contributed by atoms with Crippen LogP contribution in [0.3, 0.4) is 0 Å². The van der Waals surface area contributed by atoms with Gasteiger partial charge in [-0.2, -0.15) is 0 Å². The second-order valence-corrected chi connectivity index (χ2v) is 4.90. The van der Waals surface area contributed by atoms with E-state index in [0.717, 1.165) is 5.92 Å². The van der Waals surface area contributed by atoms with Crippen LogP contribution in [0.25, 0.3) is 0 Å². The molecule has 0 radical (unpaired) electrons. The third-order valence-electron chi connectivity index (χ3n) is 3.43. The summed E-state index contributed by atoms with van der Waals surface area (Å²) in [6.07, 6.45) is 8.68. The van der Waals surface area contributed by atoms with E-state index in [9.17, 15) is 0 Å². The summed E-state index contributed by atoms with van der Waals surface area (Å²) in [6.45, 7) is 6.42. The molecule has 1 saturated heterocycles. The van der Waals surface area contributed by atoms with Gasteiger partial charge in [0.15, 0.2) is 0 Å². The van der Waals surface area contributed by atoms with Crippen LogP contribution in [0.5, 0.6) is 0 Å². The highest BCUT2D eigenvalue weighted by molar-refractivity contribution is 4.75. The van der Waals surface area contributed by atoms with Crippen LogP contribution >= 0.6 is 0 Å². The van der Waals surface area contributed by atoms with Crippen LogP contribution < -0.4 is 5.32 Å². The molecular weight excluding hydrogens is 172 g/mol. The largest absolute Gasteiger partial charge is 0.315 e. The van der Waals surface area contributed by atoms with E-state index in [4.69, 9.17) is 0 Å². The highest BCUT2D eigenvalue weighted by Gasteiger charge is 2.20. The summed E-state index contributed by atoms with van der Waals surface area (Å²) >= 11 is 0. The Morgan fingerprint density at radius 1 is 1.00 bits per heavy atom. The van der Waals surface area contributed by atoms with Gasteiger partial charge in [-0.1, -0.05) is 12.8 Å². The monoisotopic (exact) mass is 196 g/mol. The molecule has 0 aromatic carbocycles. The molecule has 0 spiro atoms. The van der Waals surface area contributed by atoms with Gasteiger partial charge in [0.05, 0.1) is 0 Å². The van der Waals surface area contributed by atoms with Gasteiger partial charge >= 0.3 is 0 Å². The first-order chi connectivity index (χ1) is 6.95. The van der Waals surface area contributed by atoms with Crippen LogP contribution in [-0.2, 0) is 0 Å². The van der Waals surface area contributed by atoms with Crippen LogP contribution in [0.2, 0.25) is 0 Å². The average molecular weight is 196 g/mol. The molecule has 82 valence electrons. The molecule has 1 saturated carbocycles. The highest BCUT2D eigenvalue weighted by Crippen LogP contribution is 2.27. The maximum absolute atomic E-state index is 3.57. The third kappa shape index (κ3) is 3.97. The Hall–Kier alpha value is -0.0800. The van der Waals surface area contributed by atoms with E-state index in [1.807, 2.05) is 0 Å². The molecule has 1 aliphatic heterocycles. The molecule has 0 unspecified atom stereocenters. The molecule has 0 aromatic heterocycles. The van der Waals surface area contributed by atoms with Crippen molar-refractivity contribution in [2.45, 2.75) is 38.5 Å². The lowest BCUT2D eigenvalue weighted by atomic mass is 10.2. The van der Waals surface area contributed by atoms with Crippen molar-refractivity contribution in [1.82, 2.24) is 10.2 Å². The Labute approximate surface area is 88.1 Å². The molecule has 2 aliphatic rings. The SMILES string of the molecule is C1CCCN(CCNCC2CC2)CC1. The van der Waals surface area contributed by atoms with Gasteiger partial charge in [0.1, 0.15) is 0 Å². The topological polar surface area (TPSA) is 15.3 Å². The fraction of sp³-hybridized carbons (Fsp3) is 1.00. The van der Waals surface area contributed by atoms with Crippen LogP contribution in [-0.4, -0.2) is 37.6 Å². The van der Waals surface area contributed by atoms with Gasteiger partial charge in [0.2, 0.25) is 0 Å². The Kier molecular flexibility index (Phi) is 4.26. The van der Waals surface area contributed by atoms with E-state index in [2.05, 4.69) is 10.2 Å². The summed E-state index contributed by atoms with van der Waals surface area (Å²) in [7, 11) is 0. The van der Waals surface area contributed by atoms with Crippen LogP contribution in [0, 0.1) is 5.92 Å². The standard InChI is InChI=1S/C12H24N2/c1-2-4-9-14(8-3-1)10-7-13-11-12-5-6-12/h12-13H,1-11H2. The first-order valence-corrected chi connectivity index (χ1v) is 6.38. The highest BCUT2D eigenvalue weighted by atomic mass is 15.1. The summed E-state index contributed by atoms with van der Waals surface area (Å²) in [5.74, 6) is 1.03. The van der Waals surface area contributed by atoms with E-state index >= 15 is 0 Å². The van der Waals surface area contributed by atoms with Crippen molar-refractivity contribution in [3.05, 3.63) is 0 Å². The number of rotatable bonds is 5. The second-order valence-electron chi connectivity index (χ2n) is 4.90. The van der Waals surface area contributed by atoms with Crippen molar-refractivity contribution in [2.24, 2.45) is 5.92 Å². The minimum Gasteiger partial charge on any atom is -0.315 e. The molecule has 0 amide bonds. The second kappa shape index (κ2) is 5.72. The van der Waals surface area contributed by atoms with Gasteiger partial charge in [0, 0.05) is 13.1 Å². The minimum absolute atomic E-state index is 1.03. The van der Waals surface area contributed by atoms with Gasteiger partial charge in [-0.15, -0.1) is 0 Å². The summed E-state index contributed by atoms with van der Waals surface area (Å²) in [5.41, 5.74) is 0. The molecule has 14 heavy (non-hydrogen) atoms. The lowest BCUT2D eigenvalue weighted by Crippen LogP contribution is -2.33. The van der Waals surface area contributed by atoms with Crippen molar-refractivity contribution in [3.63, 3.8) is 0 Å². The molecular formula is C12H24N2. The zero-order valence-electron chi connectivity index (χ0n) is 9.30. The van der Waals surface area contributed by atoms with E-state index < -0.39 is 0 Å². The van der Waals surface area contributed by atoms with Crippen LogP contribution in [0.1, 0.15) is 38.5 Å². The van der Waals surface area contributed by atoms with E-state index in [1.165, 1.54) is 71.2 Å². The van der Waals surface area contributed by atoms with Crippen molar-refractivity contribution in [3.8, 4) is 0 Å². The van der Waals surface area contributed by atoms with Gasteiger partial charge in [0.25, 0.3) is 0 Å². The summed E-state index contributed by atoms with van der Waals surface area (Å²) < 4.78 is 0. The minimum atomic E-state index is 1.03. The number of nitrogens with zero attached hydrogens (tertiary/aromatic N) is 1. The maximum atomic E-state index is 3.57. The lowest BCUT2D eigenvalue weighted by molar-refractivity contribution is 0.284. The molecule has 1 aliphatic carbocycles. The molecule has 2 fully saturated rings. The molecule has 0 bridgehead atoms. The summed E-state index contributed by atoms with van der Waals surface area (Å²) in [6, 6.07) is 0. The molecule has 2 rings (SSSR count). The van der Waals surface area contributed by atoms with Crippen molar-refractivity contribution < 1.29 is 0 Å². The molecule has 1 heterocycles. The van der Waals surface area contributed by atoms with Crippen molar-refractivity contribution in [1.29, 1.82) is 0 Å². The molecule has 1 N–H and O–H groups in total. The maximum Gasteiger partial charge on any atom is 0.0107 e. The first-order valence-electron chi connectivity index (χ1n) is 6.38. The number of nitrogens with one attached hydrogen (secondary N) is 1. The van der Waals surface area contributed by atoms with E-state index in [-0.39, 0.29) is 0 Å². The Balaban J connectivity index is 1.49. The number of hydrogen-bond donors (Lipinski definition) is 1.